The highest BCUT2D eigenvalue weighted by molar-refractivity contribution is 5.66. The lowest BCUT2D eigenvalue weighted by molar-refractivity contribution is -0.390. The van der Waals surface area contributed by atoms with Gasteiger partial charge >= 0.3 is 12.0 Å². The number of rotatable bonds is 3. The molecule has 0 saturated heterocycles. The lowest BCUT2D eigenvalue weighted by Crippen LogP contribution is -2.07. The summed E-state index contributed by atoms with van der Waals surface area (Å²) in [6.45, 7) is 0. The zero-order valence-corrected chi connectivity index (χ0v) is 10.7. The molecule has 1 aromatic carbocycles. The topological polar surface area (TPSA) is 65.3 Å². The minimum atomic E-state index is -4.58. The number of hydrogen-bond donors (Lipinski definition) is 0. The Bertz CT molecular complexity index is 687. The second-order valence-electron chi connectivity index (χ2n) is 4.02. The van der Waals surface area contributed by atoms with Crippen molar-refractivity contribution >= 4 is 5.82 Å². The third kappa shape index (κ3) is 2.93. The SMILES string of the molecule is COc1ccc(-c2ccccc2C(F)(F)F)nc1[N+](=O)[O-]. The quantitative estimate of drug-likeness (QED) is 0.640. The van der Waals surface area contributed by atoms with E-state index in [0.717, 1.165) is 6.07 Å². The molecule has 0 fully saturated rings. The van der Waals surface area contributed by atoms with Crippen LogP contribution in [0.1, 0.15) is 5.56 Å². The summed E-state index contributed by atoms with van der Waals surface area (Å²) in [6, 6.07) is 7.21. The molecular formula is C13H9F3N2O3. The van der Waals surface area contributed by atoms with Crippen molar-refractivity contribution in [3.8, 4) is 17.0 Å². The summed E-state index contributed by atoms with van der Waals surface area (Å²) in [5, 5.41) is 10.9. The molecule has 0 N–H and O–H groups in total. The van der Waals surface area contributed by atoms with Gasteiger partial charge in [-0.2, -0.15) is 13.2 Å². The third-order valence-electron chi connectivity index (χ3n) is 2.74. The van der Waals surface area contributed by atoms with Gasteiger partial charge in [-0.15, -0.1) is 0 Å². The second kappa shape index (κ2) is 5.39. The lowest BCUT2D eigenvalue weighted by atomic mass is 10.0. The van der Waals surface area contributed by atoms with E-state index < -0.39 is 22.5 Å². The monoisotopic (exact) mass is 298 g/mol. The average molecular weight is 298 g/mol. The van der Waals surface area contributed by atoms with Gasteiger partial charge in [0.2, 0.25) is 5.75 Å². The molecule has 2 rings (SSSR count). The predicted octanol–water partition coefficient (Wildman–Crippen LogP) is 3.68. The van der Waals surface area contributed by atoms with Gasteiger partial charge in [-0.1, -0.05) is 12.1 Å². The molecule has 1 aromatic heterocycles. The van der Waals surface area contributed by atoms with E-state index in [0.29, 0.717) is 0 Å². The molecule has 2 aromatic rings. The molecule has 0 amide bonds. The van der Waals surface area contributed by atoms with Crippen molar-refractivity contribution in [1.29, 1.82) is 0 Å². The van der Waals surface area contributed by atoms with Gasteiger partial charge in [0.25, 0.3) is 0 Å². The first-order valence-electron chi connectivity index (χ1n) is 5.70. The molecule has 21 heavy (non-hydrogen) atoms. The summed E-state index contributed by atoms with van der Waals surface area (Å²) in [7, 11) is 1.22. The highest BCUT2D eigenvalue weighted by atomic mass is 19.4. The molecule has 0 saturated carbocycles. The molecule has 0 aliphatic rings. The van der Waals surface area contributed by atoms with Crippen molar-refractivity contribution in [2.75, 3.05) is 7.11 Å². The molecular weight excluding hydrogens is 289 g/mol. The van der Waals surface area contributed by atoms with E-state index in [9.17, 15) is 23.3 Å². The van der Waals surface area contributed by atoms with E-state index in [4.69, 9.17) is 4.74 Å². The summed E-state index contributed by atoms with van der Waals surface area (Å²) < 4.78 is 43.6. The maximum absolute atomic E-state index is 13.0. The molecule has 0 atom stereocenters. The Kier molecular flexibility index (Phi) is 3.79. The molecule has 0 bridgehead atoms. The van der Waals surface area contributed by atoms with Crippen LogP contribution in [0.4, 0.5) is 19.0 Å². The largest absolute Gasteiger partial charge is 0.489 e. The van der Waals surface area contributed by atoms with Gasteiger partial charge in [-0.05, 0) is 34.2 Å². The van der Waals surface area contributed by atoms with E-state index in [2.05, 4.69) is 4.98 Å². The normalized spacial score (nSPS) is 11.2. The van der Waals surface area contributed by atoms with Crippen LogP contribution in [-0.4, -0.2) is 17.0 Å². The van der Waals surface area contributed by atoms with Crippen molar-refractivity contribution < 1.29 is 22.8 Å². The minimum absolute atomic E-state index is 0.117. The van der Waals surface area contributed by atoms with Crippen molar-refractivity contribution in [1.82, 2.24) is 4.98 Å². The Morgan fingerprint density at radius 1 is 1.19 bits per heavy atom. The summed E-state index contributed by atoms with van der Waals surface area (Å²) in [4.78, 5) is 13.7. The van der Waals surface area contributed by atoms with Crippen LogP contribution >= 0.6 is 0 Å². The van der Waals surface area contributed by atoms with Crippen LogP contribution in [0.5, 0.6) is 5.75 Å². The smallest absolute Gasteiger partial charge is 0.417 e. The zero-order chi connectivity index (χ0) is 15.6. The Morgan fingerprint density at radius 2 is 1.86 bits per heavy atom. The van der Waals surface area contributed by atoms with Gasteiger partial charge in [0.15, 0.2) is 5.69 Å². The standard InChI is InChI=1S/C13H9F3N2O3/c1-21-11-7-6-10(17-12(11)18(19)20)8-4-2-3-5-9(8)13(14,15)16/h2-7H,1H3. The van der Waals surface area contributed by atoms with Crippen LogP contribution in [-0.2, 0) is 6.18 Å². The number of methoxy groups -OCH3 is 1. The minimum Gasteiger partial charge on any atom is -0.489 e. The Labute approximate surface area is 117 Å². The maximum atomic E-state index is 13.0. The number of benzene rings is 1. The van der Waals surface area contributed by atoms with Crippen LogP contribution in [0.3, 0.4) is 0 Å². The van der Waals surface area contributed by atoms with E-state index >= 15 is 0 Å². The fourth-order valence-corrected chi connectivity index (χ4v) is 1.83. The Hall–Kier alpha value is -2.64. The van der Waals surface area contributed by atoms with Gasteiger partial charge in [-0.3, -0.25) is 0 Å². The van der Waals surface area contributed by atoms with Crippen LogP contribution in [0, 0.1) is 10.1 Å². The molecule has 110 valence electrons. The molecule has 0 aliphatic carbocycles. The first kappa shape index (κ1) is 14.8. The summed E-state index contributed by atoms with van der Waals surface area (Å²) in [5.74, 6) is -0.750. The first-order chi connectivity index (χ1) is 9.84. The molecule has 0 unspecified atom stereocenters. The molecule has 1 heterocycles. The number of alkyl halides is 3. The number of hydrogen-bond acceptors (Lipinski definition) is 4. The Morgan fingerprint density at radius 3 is 2.43 bits per heavy atom. The fourth-order valence-electron chi connectivity index (χ4n) is 1.83. The van der Waals surface area contributed by atoms with E-state index in [1.165, 1.54) is 37.4 Å². The van der Waals surface area contributed by atoms with E-state index in [1.54, 1.807) is 0 Å². The summed E-state index contributed by atoms with van der Waals surface area (Å²) in [6.07, 6.45) is -4.58. The third-order valence-corrected chi connectivity index (χ3v) is 2.74. The second-order valence-corrected chi connectivity index (χ2v) is 4.02. The molecule has 8 heteroatoms. The van der Waals surface area contributed by atoms with Crippen LogP contribution < -0.4 is 4.74 Å². The zero-order valence-electron chi connectivity index (χ0n) is 10.7. The number of aromatic nitrogens is 1. The molecule has 5 nitrogen and oxygen atoms in total. The van der Waals surface area contributed by atoms with Gasteiger partial charge < -0.3 is 14.9 Å². The predicted molar refractivity (Wildman–Crippen MR) is 67.9 cm³/mol. The Balaban J connectivity index is 2.63. The highest BCUT2D eigenvalue weighted by Crippen LogP contribution is 2.37. The number of ether oxygens (including phenoxy) is 1. The van der Waals surface area contributed by atoms with Gasteiger partial charge in [0, 0.05) is 5.56 Å². The number of nitrogens with zero attached hydrogens (tertiary/aromatic N) is 2. The first-order valence-corrected chi connectivity index (χ1v) is 5.70. The van der Waals surface area contributed by atoms with Gasteiger partial charge in [-0.25, -0.2) is 0 Å². The van der Waals surface area contributed by atoms with Crippen LogP contribution in [0.25, 0.3) is 11.3 Å². The number of pyridine rings is 1. The van der Waals surface area contributed by atoms with E-state index in [-0.39, 0.29) is 17.0 Å². The van der Waals surface area contributed by atoms with Crippen molar-refractivity contribution in [2.24, 2.45) is 0 Å². The summed E-state index contributed by atoms with van der Waals surface area (Å²) in [5.41, 5.74) is -1.27. The maximum Gasteiger partial charge on any atom is 0.417 e. The highest BCUT2D eigenvalue weighted by Gasteiger charge is 2.35. The molecule has 0 radical (unpaired) electrons. The molecule has 0 aliphatic heterocycles. The van der Waals surface area contributed by atoms with Crippen molar-refractivity contribution in [2.45, 2.75) is 6.18 Å². The summed E-state index contributed by atoms with van der Waals surface area (Å²) >= 11 is 0. The van der Waals surface area contributed by atoms with Gasteiger partial charge in [0.1, 0.15) is 0 Å². The fraction of sp³-hybridized carbons (Fsp3) is 0.154. The molecule has 0 spiro atoms. The van der Waals surface area contributed by atoms with Crippen molar-refractivity contribution in [3.63, 3.8) is 0 Å². The lowest BCUT2D eigenvalue weighted by Gasteiger charge is -2.10. The number of nitro groups is 1. The van der Waals surface area contributed by atoms with Crippen LogP contribution in [0.2, 0.25) is 0 Å². The van der Waals surface area contributed by atoms with Crippen molar-refractivity contribution in [3.05, 3.63) is 52.1 Å². The van der Waals surface area contributed by atoms with Crippen LogP contribution in [0.15, 0.2) is 36.4 Å². The average Bonchev–Trinajstić information content (AvgIpc) is 2.45. The van der Waals surface area contributed by atoms with E-state index in [1.807, 2.05) is 0 Å². The van der Waals surface area contributed by atoms with Gasteiger partial charge in [0.05, 0.1) is 12.7 Å². The number of halogens is 3.